The SMILES string of the molecule is C1p2op21. The largest absolute Gasteiger partial charge is 0.429 e. The number of hydrogen-bond donors (Lipinski definition) is 0. The molecule has 1 aliphatic rings. The van der Waals surface area contributed by atoms with Crippen LogP contribution in [0.4, 0.5) is 0 Å². The van der Waals surface area contributed by atoms with Crippen molar-refractivity contribution >= 4 is 14.9 Å². The summed E-state index contributed by atoms with van der Waals surface area (Å²) in [6.45, 7) is 0. The molecule has 2 rings (SSSR count). The van der Waals surface area contributed by atoms with Crippen molar-refractivity contribution in [1.82, 2.24) is 0 Å². The Morgan fingerprint density at radius 2 is 1.75 bits per heavy atom. The Morgan fingerprint density at radius 3 is 1.75 bits per heavy atom. The maximum Gasteiger partial charge on any atom is 0.112 e. The summed E-state index contributed by atoms with van der Waals surface area (Å²) in [7, 11) is 0.722. The summed E-state index contributed by atoms with van der Waals surface area (Å²) in [5, 5.41) is 0. The maximum atomic E-state index is 4.94. The lowest BCUT2D eigenvalue weighted by Gasteiger charge is -1.52. The lowest BCUT2D eigenvalue weighted by Crippen LogP contribution is -1.15. The third-order valence-electron chi connectivity index (χ3n) is 0.569. The van der Waals surface area contributed by atoms with E-state index >= 15 is 0 Å². The normalized spacial score (nSPS) is 26.0. The number of rotatable bonds is 0. The van der Waals surface area contributed by atoms with Gasteiger partial charge in [0, 0.05) is 0 Å². The van der Waals surface area contributed by atoms with Crippen LogP contribution in [-0.4, -0.2) is 0 Å². The first-order chi connectivity index (χ1) is 1.97. The van der Waals surface area contributed by atoms with E-state index in [4.69, 9.17) is 3.98 Å². The predicted octanol–water partition coefficient (Wildman–Crippen LogP) is 2.07. The summed E-state index contributed by atoms with van der Waals surface area (Å²) >= 11 is 0. The van der Waals surface area contributed by atoms with Crippen molar-refractivity contribution in [3.63, 3.8) is 0 Å². The standard InChI is InChI=1S/CH2OP2/c1-3-2-4(1)3/h1H2. The molecule has 2 heterocycles. The van der Waals surface area contributed by atoms with E-state index in [1.165, 1.54) is 5.90 Å². The van der Waals surface area contributed by atoms with Gasteiger partial charge in [0.25, 0.3) is 0 Å². The highest BCUT2D eigenvalue weighted by Gasteiger charge is 2.32. The van der Waals surface area contributed by atoms with Crippen molar-refractivity contribution in [2.24, 2.45) is 0 Å². The first kappa shape index (κ1) is 1.74. The van der Waals surface area contributed by atoms with Crippen molar-refractivity contribution < 1.29 is 3.98 Å². The molecule has 0 fully saturated rings. The van der Waals surface area contributed by atoms with Gasteiger partial charge in [-0.3, -0.25) is 0 Å². The third kappa shape index (κ3) is 0.0667. The predicted molar refractivity (Wildman–Crippen MR) is 19.5 cm³/mol. The molecular weight excluding hydrogens is 90.0 g/mol. The Hall–Kier alpha value is 0.400. The van der Waals surface area contributed by atoms with Crippen LogP contribution in [0.25, 0.3) is 0 Å². The average Bonchev–Trinajstić information content (AvgIpc) is 1.36. The summed E-state index contributed by atoms with van der Waals surface area (Å²) in [4.78, 5) is 0. The van der Waals surface area contributed by atoms with Crippen molar-refractivity contribution in [2.75, 3.05) is 0 Å². The highest BCUT2D eigenvalue weighted by atomic mass is 32.0. The zero-order chi connectivity index (χ0) is 2.57. The Balaban J connectivity index is 3.11. The van der Waals surface area contributed by atoms with Crippen LogP contribution in [-0.2, 0) is 5.90 Å². The summed E-state index contributed by atoms with van der Waals surface area (Å²) in [6.07, 6.45) is 0. The highest BCUT2D eigenvalue weighted by molar-refractivity contribution is 8.27. The maximum absolute atomic E-state index is 4.94. The molecule has 1 aliphatic heterocycles. The summed E-state index contributed by atoms with van der Waals surface area (Å²) < 4.78 is 4.94. The fraction of sp³-hybridized carbons (Fsp3) is 1.00. The Morgan fingerprint density at radius 1 is 1.50 bits per heavy atom. The zero-order valence-corrected chi connectivity index (χ0v) is 3.80. The van der Waals surface area contributed by atoms with Gasteiger partial charge in [0.1, 0.15) is 20.8 Å². The molecule has 0 aromatic carbocycles. The van der Waals surface area contributed by atoms with E-state index in [9.17, 15) is 0 Å². The van der Waals surface area contributed by atoms with Crippen LogP contribution in [0.15, 0.2) is 3.98 Å². The molecule has 0 saturated carbocycles. The molecule has 0 spiro atoms. The molecule has 4 heavy (non-hydrogen) atoms. The Labute approximate surface area is 25.8 Å². The quantitative estimate of drug-likeness (QED) is 0.484. The molecule has 2 atom stereocenters. The van der Waals surface area contributed by atoms with E-state index in [-0.39, 0.29) is 0 Å². The molecule has 0 saturated heterocycles. The first-order valence-corrected chi connectivity index (χ1v) is 4.79. The van der Waals surface area contributed by atoms with Crippen molar-refractivity contribution in [3.05, 3.63) is 0 Å². The van der Waals surface area contributed by atoms with E-state index in [2.05, 4.69) is 0 Å². The minimum absolute atomic E-state index is 0.361. The van der Waals surface area contributed by atoms with Gasteiger partial charge in [0.2, 0.25) is 0 Å². The average molecular weight is 92.0 g/mol. The molecule has 3 heteroatoms. The van der Waals surface area contributed by atoms with Gasteiger partial charge in [-0.25, -0.2) is 0 Å². The molecule has 0 bridgehead atoms. The van der Waals surface area contributed by atoms with E-state index in [1.54, 1.807) is 0 Å². The van der Waals surface area contributed by atoms with Crippen LogP contribution in [0.5, 0.6) is 0 Å². The molecule has 0 amide bonds. The van der Waals surface area contributed by atoms with Gasteiger partial charge in [-0.1, -0.05) is 0 Å². The van der Waals surface area contributed by atoms with E-state index < -0.39 is 0 Å². The molecule has 2 unspecified atom stereocenters. The fourth-order valence-electron chi connectivity index (χ4n) is 0.161. The highest BCUT2D eigenvalue weighted by Crippen LogP contribution is 2.86. The molecule has 0 aliphatic carbocycles. The summed E-state index contributed by atoms with van der Waals surface area (Å²) in [5.74, 6) is 1.49. The molecule has 0 N–H and O–H groups in total. The fourth-order valence-corrected chi connectivity index (χ4v) is 3.31. The van der Waals surface area contributed by atoms with Crippen LogP contribution in [0.3, 0.4) is 0 Å². The lowest BCUT2D eigenvalue weighted by atomic mass is 11.9. The second kappa shape index (κ2) is 0.278. The minimum atomic E-state index is 0.361. The van der Waals surface area contributed by atoms with Gasteiger partial charge in [0.15, 0.2) is 0 Å². The van der Waals surface area contributed by atoms with Crippen LogP contribution in [0.1, 0.15) is 0 Å². The lowest BCUT2D eigenvalue weighted by molar-refractivity contribution is 0.845. The van der Waals surface area contributed by atoms with Gasteiger partial charge in [-0.15, -0.1) is 0 Å². The van der Waals surface area contributed by atoms with Crippen molar-refractivity contribution in [2.45, 2.75) is 5.90 Å². The summed E-state index contributed by atoms with van der Waals surface area (Å²) in [5.41, 5.74) is 0. The van der Waals surface area contributed by atoms with Crippen molar-refractivity contribution in [3.8, 4) is 0 Å². The van der Waals surface area contributed by atoms with Gasteiger partial charge in [-0.2, -0.15) is 0 Å². The minimum Gasteiger partial charge on any atom is -0.429 e. The van der Waals surface area contributed by atoms with E-state index in [0.29, 0.717) is 14.9 Å². The van der Waals surface area contributed by atoms with Crippen LogP contribution < -0.4 is 0 Å². The molecule has 0 radical (unpaired) electrons. The number of hydrogen-bond acceptors (Lipinski definition) is 1. The van der Waals surface area contributed by atoms with Crippen LogP contribution >= 0.6 is 14.9 Å². The van der Waals surface area contributed by atoms with Gasteiger partial charge in [0.05, 0.1) is 0 Å². The molecule has 22 valence electrons. The van der Waals surface area contributed by atoms with Gasteiger partial charge < -0.3 is 3.98 Å². The topological polar surface area (TPSA) is 13.1 Å². The number of fused-ring (bicyclic) bond motifs is 1. The molecule has 1 nitrogen and oxygen atoms in total. The summed E-state index contributed by atoms with van der Waals surface area (Å²) in [6, 6.07) is 0. The smallest absolute Gasteiger partial charge is 0.112 e. The molecule has 1 aromatic heterocycles. The van der Waals surface area contributed by atoms with E-state index in [1.807, 2.05) is 0 Å². The van der Waals surface area contributed by atoms with Gasteiger partial charge in [-0.05, 0) is 0 Å². The monoisotopic (exact) mass is 92.0 g/mol. The second-order valence-corrected chi connectivity index (χ2v) is 6.80. The van der Waals surface area contributed by atoms with Crippen molar-refractivity contribution in [1.29, 1.82) is 0 Å². The van der Waals surface area contributed by atoms with E-state index in [0.717, 1.165) is 0 Å². The first-order valence-electron chi connectivity index (χ1n) is 1.20. The second-order valence-electron chi connectivity index (χ2n) is 0.927. The Bertz CT molecular complexity index is 101. The van der Waals surface area contributed by atoms with Crippen LogP contribution in [0, 0.1) is 0 Å². The van der Waals surface area contributed by atoms with Crippen LogP contribution in [0.2, 0.25) is 0 Å². The molecular formula is CH2OP2. The molecule has 1 aromatic rings. The third-order valence-corrected chi connectivity index (χ3v) is 5.13. The van der Waals surface area contributed by atoms with Gasteiger partial charge >= 0.3 is 0 Å². The Kier molecular flexibility index (Phi) is 0.121. The zero-order valence-electron chi connectivity index (χ0n) is 2.01.